The number of methoxy groups -OCH3 is 2. The van der Waals surface area contributed by atoms with E-state index in [4.69, 9.17) is 9.47 Å². The van der Waals surface area contributed by atoms with Crippen LogP contribution in [-0.4, -0.2) is 35.5 Å². The zero-order chi connectivity index (χ0) is 21.1. The lowest BCUT2D eigenvalue weighted by Crippen LogP contribution is -1.95. The van der Waals surface area contributed by atoms with Crippen LogP contribution in [0.1, 0.15) is 11.1 Å². The van der Waals surface area contributed by atoms with Gasteiger partial charge >= 0.3 is 0 Å². The van der Waals surface area contributed by atoms with Crippen molar-refractivity contribution in [3.05, 3.63) is 59.9 Å². The molecule has 152 valence electrons. The minimum atomic E-state index is 0.0580. The number of aryl methyl sites for hydroxylation is 1. The van der Waals surface area contributed by atoms with Crippen LogP contribution in [0.15, 0.2) is 53.9 Å². The van der Waals surface area contributed by atoms with Crippen molar-refractivity contribution in [3.63, 3.8) is 0 Å². The molecule has 7 nitrogen and oxygen atoms in total. The van der Waals surface area contributed by atoms with Gasteiger partial charge in [0.05, 0.1) is 30.7 Å². The topological polar surface area (TPSA) is 88.9 Å². The fourth-order valence-electron chi connectivity index (χ4n) is 3.10. The predicted octanol–water partition coefficient (Wildman–Crippen LogP) is 4.84. The molecule has 8 heteroatoms. The van der Waals surface area contributed by atoms with Crippen LogP contribution in [0.5, 0.6) is 17.2 Å². The fourth-order valence-corrected chi connectivity index (χ4v) is 4.29. The quantitative estimate of drug-likeness (QED) is 0.343. The number of hydrazone groups is 1. The van der Waals surface area contributed by atoms with Gasteiger partial charge < -0.3 is 14.6 Å². The van der Waals surface area contributed by atoms with Crippen molar-refractivity contribution in [2.24, 2.45) is 5.10 Å². The van der Waals surface area contributed by atoms with Gasteiger partial charge in [-0.15, -0.1) is 11.3 Å². The Morgan fingerprint density at radius 3 is 2.73 bits per heavy atom. The number of fused-ring (bicyclic) bond motifs is 1. The first-order chi connectivity index (χ1) is 14.6. The monoisotopic (exact) mass is 420 g/mol. The third kappa shape index (κ3) is 3.77. The predicted molar refractivity (Wildman–Crippen MR) is 120 cm³/mol. The number of aromatic hydroxyl groups is 1. The summed E-state index contributed by atoms with van der Waals surface area (Å²) < 4.78 is 11.3. The molecular formula is C22H20N4O3S. The van der Waals surface area contributed by atoms with Crippen molar-refractivity contribution in [2.75, 3.05) is 19.6 Å². The number of aromatic nitrogens is 2. The van der Waals surface area contributed by atoms with Gasteiger partial charge in [0, 0.05) is 4.88 Å². The highest BCUT2D eigenvalue weighted by atomic mass is 32.1. The van der Waals surface area contributed by atoms with Crippen molar-refractivity contribution in [2.45, 2.75) is 6.92 Å². The summed E-state index contributed by atoms with van der Waals surface area (Å²) in [4.78, 5) is 9.91. The molecule has 0 spiro atoms. The van der Waals surface area contributed by atoms with Crippen LogP contribution < -0.4 is 14.9 Å². The summed E-state index contributed by atoms with van der Waals surface area (Å²) in [6.07, 6.45) is 3.13. The second kappa shape index (κ2) is 8.38. The van der Waals surface area contributed by atoms with Crippen LogP contribution in [-0.2, 0) is 0 Å². The standard InChI is InChI=1S/C22H20N4O3S/c1-13-19-21(30-20(13)15-5-4-6-16(10-15)28-2)22(24-12-23-19)26-25-11-14-7-8-18(29-3)17(27)9-14/h4-12,27H,1-3H3,(H,23,24,26). The molecule has 0 saturated heterocycles. The van der Waals surface area contributed by atoms with Gasteiger partial charge in [-0.05, 0) is 53.9 Å². The number of ether oxygens (including phenoxy) is 2. The van der Waals surface area contributed by atoms with Crippen LogP contribution in [0.4, 0.5) is 5.82 Å². The lowest BCUT2D eigenvalue weighted by Gasteiger charge is -2.03. The molecule has 0 atom stereocenters. The molecule has 0 unspecified atom stereocenters. The molecule has 0 fully saturated rings. The largest absolute Gasteiger partial charge is 0.504 e. The number of hydrogen-bond donors (Lipinski definition) is 2. The van der Waals surface area contributed by atoms with Gasteiger partial charge in [-0.2, -0.15) is 5.10 Å². The zero-order valence-corrected chi connectivity index (χ0v) is 17.5. The number of nitrogens with one attached hydrogen (secondary N) is 1. The normalized spacial score (nSPS) is 11.2. The highest BCUT2D eigenvalue weighted by Crippen LogP contribution is 2.40. The fraction of sp³-hybridized carbons (Fsp3) is 0.136. The lowest BCUT2D eigenvalue weighted by molar-refractivity contribution is 0.373. The lowest BCUT2D eigenvalue weighted by atomic mass is 10.1. The number of thiophene rings is 1. The maximum Gasteiger partial charge on any atom is 0.167 e. The Kier molecular flexibility index (Phi) is 5.49. The first kappa shape index (κ1) is 19.7. The molecule has 4 rings (SSSR count). The molecule has 0 aliphatic rings. The average Bonchev–Trinajstić information content (AvgIpc) is 3.11. The molecule has 2 aromatic carbocycles. The second-order valence-electron chi connectivity index (χ2n) is 6.49. The van der Waals surface area contributed by atoms with Gasteiger partial charge in [0.15, 0.2) is 17.3 Å². The summed E-state index contributed by atoms with van der Waals surface area (Å²) >= 11 is 1.60. The number of rotatable bonds is 6. The molecule has 0 saturated carbocycles. The molecule has 2 heterocycles. The molecule has 2 N–H and O–H groups in total. The highest BCUT2D eigenvalue weighted by Gasteiger charge is 2.15. The van der Waals surface area contributed by atoms with E-state index in [9.17, 15) is 5.11 Å². The van der Waals surface area contributed by atoms with Crippen LogP contribution >= 0.6 is 11.3 Å². The SMILES string of the molecule is COc1cccc(-c2sc3c(NN=Cc4ccc(OC)c(O)c4)ncnc3c2C)c1. The van der Waals surface area contributed by atoms with E-state index in [1.165, 1.54) is 13.4 Å². The van der Waals surface area contributed by atoms with Crippen molar-refractivity contribution >= 4 is 33.6 Å². The van der Waals surface area contributed by atoms with Gasteiger partial charge in [-0.3, -0.25) is 5.43 Å². The molecule has 2 aromatic heterocycles. The van der Waals surface area contributed by atoms with E-state index in [1.54, 1.807) is 42.9 Å². The van der Waals surface area contributed by atoms with Crippen molar-refractivity contribution < 1.29 is 14.6 Å². The number of phenolic OH excluding ortho intramolecular Hbond substituents is 1. The van der Waals surface area contributed by atoms with Crippen molar-refractivity contribution in [1.29, 1.82) is 0 Å². The molecule has 0 aliphatic carbocycles. The molecule has 0 aliphatic heterocycles. The first-order valence-corrected chi connectivity index (χ1v) is 9.97. The van der Waals surface area contributed by atoms with E-state index >= 15 is 0 Å². The van der Waals surface area contributed by atoms with Crippen LogP contribution in [0.25, 0.3) is 20.7 Å². The average molecular weight is 420 g/mol. The van der Waals surface area contributed by atoms with Crippen molar-refractivity contribution in [1.82, 2.24) is 9.97 Å². The highest BCUT2D eigenvalue weighted by molar-refractivity contribution is 7.23. The van der Waals surface area contributed by atoms with E-state index in [0.29, 0.717) is 11.6 Å². The van der Waals surface area contributed by atoms with Gasteiger partial charge in [0.2, 0.25) is 0 Å². The van der Waals surface area contributed by atoms with E-state index in [2.05, 4.69) is 26.6 Å². The maximum absolute atomic E-state index is 9.89. The van der Waals surface area contributed by atoms with Crippen molar-refractivity contribution in [3.8, 4) is 27.7 Å². The second-order valence-corrected chi connectivity index (χ2v) is 7.51. The Morgan fingerprint density at radius 2 is 1.97 bits per heavy atom. The number of phenols is 1. The number of anilines is 1. The van der Waals surface area contributed by atoms with Crippen LogP contribution in [0.2, 0.25) is 0 Å². The molecular weight excluding hydrogens is 400 g/mol. The van der Waals surface area contributed by atoms with E-state index < -0.39 is 0 Å². The Balaban J connectivity index is 1.64. The summed E-state index contributed by atoms with van der Waals surface area (Å²) in [5.74, 6) is 1.90. The zero-order valence-electron chi connectivity index (χ0n) is 16.7. The maximum atomic E-state index is 9.89. The molecule has 0 bridgehead atoms. The van der Waals surface area contributed by atoms with Crippen LogP contribution in [0.3, 0.4) is 0 Å². The smallest absolute Gasteiger partial charge is 0.167 e. The number of benzene rings is 2. The number of nitrogens with zero attached hydrogens (tertiary/aromatic N) is 3. The molecule has 30 heavy (non-hydrogen) atoms. The molecule has 0 radical (unpaired) electrons. The minimum Gasteiger partial charge on any atom is -0.504 e. The Hall–Kier alpha value is -3.65. The summed E-state index contributed by atoms with van der Waals surface area (Å²) in [7, 11) is 3.17. The van der Waals surface area contributed by atoms with E-state index in [0.717, 1.165) is 37.5 Å². The summed E-state index contributed by atoms with van der Waals surface area (Å²) in [5, 5.41) is 14.2. The number of hydrogen-bond acceptors (Lipinski definition) is 8. The Morgan fingerprint density at radius 1 is 1.10 bits per heavy atom. The summed E-state index contributed by atoms with van der Waals surface area (Å²) in [6.45, 7) is 2.05. The van der Waals surface area contributed by atoms with Gasteiger partial charge in [-0.1, -0.05) is 12.1 Å². The Bertz CT molecular complexity index is 1240. The summed E-state index contributed by atoms with van der Waals surface area (Å²) in [5.41, 5.74) is 6.75. The minimum absolute atomic E-state index is 0.0580. The third-order valence-corrected chi connectivity index (χ3v) is 5.96. The Labute approximate surface area is 177 Å². The molecule has 0 amide bonds. The van der Waals surface area contributed by atoms with E-state index in [1.807, 2.05) is 25.1 Å². The van der Waals surface area contributed by atoms with E-state index in [-0.39, 0.29) is 5.75 Å². The first-order valence-electron chi connectivity index (χ1n) is 9.15. The van der Waals surface area contributed by atoms with Gasteiger partial charge in [0.25, 0.3) is 0 Å². The van der Waals surface area contributed by atoms with Crippen LogP contribution in [0, 0.1) is 6.92 Å². The third-order valence-electron chi connectivity index (χ3n) is 4.62. The molecule has 4 aromatic rings. The summed E-state index contributed by atoms with van der Waals surface area (Å²) in [6, 6.07) is 13.0. The van der Waals surface area contributed by atoms with Gasteiger partial charge in [-0.25, -0.2) is 9.97 Å². The van der Waals surface area contributed by atoms with Gasteiger partial charge in [0.1, 0.15) is 12.1 Å².